The Kier molecular flexibility index (Phi) is 4.29. The zero-order valence-electron chi connectivity index (χ0n) is 11.6. The van der Waals surface area contributed by atoms with Gasteiger partial charge in [-0.1, -0.05) is 11.6 Å². The van der Waals surface area contributed by atoms with E-state index in [4.69, 9.17) is 16.3 Å². The predicted molar refractivity (Wildman–Crippen MR) is 79.8 cm³/mol. The average molecular weight is 294 g/mol. The van der Waals surface area contributed by atoms with Crippen molar-refractivity contribution >= 4 is 29.1 Å². The van der Waals surface area contributed by atoms with Crippen LogP contribution < -0.4 is 5.01 Å². The molecular formula is C14H16ClN3O2. The molecule has 1 heterocycles. The summed E-state index contributed by atoms with van der Waals surface area (Å²) in [6.45, 7) is 2.30. The van der Waals surface area contributed by atoms with E-state index < -0.39 is 0 Å². The molecule has 20 heavy (non-hydrogen) atoms. The predicted octanol–water partition coefficient (Wildman–Crippen LogP) is 2.48. The Bertz CT molecular complexity index is 564. The lowest BCUT2D eigenvalue weighted by atomic mass is 10.2. The molecule has 106 valence electrons. The largest absolute Gasteiger partial charge is 0.476 e. The third-order valence-electron chi connectivity index (χ3n) is 2.58. The van der Waals surface area contributed by atoms with E-state index >= 15 is 0 Å². The van der Waals surface area contributed by atoms with Crippen molar-refractivity contribution in [2.24, 2.45) is 5.10 Å². The van der Waals surface area contributed by atoms with Gasteiger partial charge in [-0.15, -0.1) is 5.10 Å². The topological polar surface area (TPSA) is 45.1 Å². The highest BCUT2D eigenvalue weighted by Crippen LogP contribution is 2.25. The van der Waals surface area contributed by atoms with Crippen LogP contribution in [0.1, 0.15) is 6.92 Å². The molecule has 0 spiro atoms. The van der Waals surface area contributed by atoms with E-state index in [-0.39, 0.29) is 5.91 Å². The van der Waals surface area contributed by atoms with E-state index in [2.05, 4.69) is 5.10 Å². The van der Waals surface area contributed by atoms with Gasteiger partial charge in [0.05, 0.1) is 12.3 Å². The van der Waals surface area contributed by atoms with Gasteiger partial charge in [0.1, 0.15) is 5.57 Å². The van der Waals surface area contributed by atoms with E-state index in [1.54, 1.807) is 35.4 Å². The van der Waals surface area contributed by atoms with Crippen LogP contribution in [-0.2, 0) is 9.53 Å². The molecular weight excluding hydrogens is 278 g/mol. The van der Waals surface area contributed by atoms with Crippen LogP contribution in [0.2, 0.25) is 5.02 Å². The Morgan fingerprint density at radius 3 is 2.55 bits per heavy atom. The van der Waals surface area contributed by atoms with Gasteiger partial charge >= 0.3 is 0 Å². The standard InChI is InChI=1S/C14H16ClN3O2/c1-4-20-13-12(9-17(2)3)14(19)18(16-13)11-7-5-10(15)6-8-11/h5-9H,4H2,1-3H3/b12-9+. The lowest BCUT2D eigenvalue weighted by Crippen LogP contribution is -2.22. The Labute approximate surface area is 123 Å². The Hall–Kier alpha value is -2.01. The highest BCUT2D eigenvalue weighted by Gasteiger charge is 2.32. The number of anilines is 1. The molecule has 1 aliphatic heterocycles. The van der Waals surface area contributed by atoms with Gasteiger partial charge in [-0.2, -0.15) is 5.01 Å². The third kappa shape index (κ3) is 2.93. The van der Waals surface area contributed by atoms with Gasteiger partial charge in [0.25, 0.3) is 5.91 Å². The third-order valence-corrected chi connectivity index (χ3v) is 2.84. The minimum absolute atomic E-state index is 0.218. The van der Waals surface area contributed by atoms with E-state index in [1.807, 2.05) is 21.0 Å². The number of nitrogens with zero attached hydrogens (tertiary/aromatic N) is 3. The first-order valence-electron chi connectivity index (χ1n) is 6.23. The van der Waals surface area contributed by atoms with Gasteiger partial charge in [-0.25, -0.2) is 0 Å². The Morgan fingerprint density at radius 2 is 2.00 bits per heavy atom. The van der Waals surface area contributed by atoms with Crippen LogP contribution in [-0.4, -0.2) is 37.4 Å². The fraction of sp³-hybridized carbons (Fsp3) is 0.286. The SMILES string of the molecule is CCOC1=NN(c2ccc(Cl)cc2)C(=O)/C1=C/N(C)C. The molecule has 1 aromatic carbocycles. The number of halogens is 1. The van der Waals surface area contributed by atoms with Crippen molar-refractivity contribution in [3.63, 3.8) is 0 Å². The summed E-state index contributed by atoms with van der Waals surface area (Å²) >= 11 is 5.85. The molecule has 0 atom stereocenters. The van der Waals surface area contributed by atoms with Crippen molar-refractivity contribution in [1.29, 1.82) is 0 Å². The number of rotatable bonds is 3. The minimum atomic E-state index is -0.218. The molecule has 1 amide bonds. The molecule has 5 nitrogen and oxygen atoms in total. The fourth-order valence-electron chi connectivity index (χ4n) is 1.76. The number of ether oxygens (including phenoxy) is 1. The number of benzene rings is 1. The van der Waals surface area contributed by atoms with Gasteiger partial charge in [0, 0.05) is 25.3 Å². The number of hydrogen-bond donors (Lipinski definition) is 0. The molecule has 0 N–H and O–H groups in total. The summed E-state index contributed by atoms with van der Waals surface area (Å²) in [5, 5.41) is 6.16. The first-order valence-corrected chi connectivity index (χ1v) is 6.60. The average Bonchev–Trinajstić information content (AvgIpc) is 2.69. The molecule has 0 aliphatic carbocycles. The molecule has 0 radical (unpaired) electrons. The molecule has 0 fully saturated rings. The summed E-state index contributed by atoms with van der Waals surface area (Å²) in [4.78, 5) is 14.2. The van der Waals surface area contributed by atoms with Crippen LogP contribution in [0, 0.1) is 0 Å². The second-order valence-corrected chi connectivity index (χ2v) is 4.87. The van der Waals surface area contributed by atoms with Gasteiger partial charge < -0.3 is 9.64 Å². The van der Waals surface area contributed by atoms with Crippen LogP contribution in [0.25, 0.3) is 0 Å². The van der Waals surface area contributed by atoms with Crippen molar-refractivity contribution in [3.8, 4) is 0 Å². The molecule has 1 aromatic rings. The Morgan fingerprint density at radius 1 is 1.35 bits per heavy atom. The first-order chi connectivity index (χ1) is 9.52. The smallest absolute Gasteiger partial charge is 0.285 e. The summed E-state index contributed by atoms with van der Waals surface area (Å²) in [6.07, 6.45) is 1.70. The molecule has 0 saturated carbocycles. The van der Waals surface area contributed by atoms with Crippen molar-refractivity contribution in [2.45, 2.75) is 6.92 Å². The number of hydrogen-bond acceptors (Lipinski definition) is 4. The molecule has 2 rings (SSSR count). The zero-order chi connectivity index (χ0) is 14.7. The van der Waals surface area contributed by atoms with Gasteiger partial charge in [0.15, 0.2) is 0 Å². The lowest BCUT2D eigenvalue weighted by Gasteiger charge is -2.11. The van der Waals surface area contributed by atoms with E-state index in [9.17, 15) is 4.79 Å². The van der Waals surface area contributed by atoms with Crippen molar-refractivity contribution in [3.05, 3.63) is 41.1 Å². The van der Waals surface area contributed by atoms with Crippen LogP contribution in [0.3, 0.4) is 0 Å². The highest BCUT2D eigenvalue weighted by molar-refractivity contribution is 6.31. The summed E-state index contributed by atoms with van der Waals surface area (Å²) in [5.41, 5.74) is 1.09. The number of carbonyl (C=O) groups excluding carboxylic acids is 1. The van der Waals surface area contributed by atoms with Crippen molar-refractivity contribution < 1.29 is 9.53 Å². The Balaban J connectivity index is 2.36. The first kappa shape index (κ1) is 14.4. The van der Waals surface area contributed by atoms with E-state index in [0.29, 0.717) is 28.8 Å². The monoisotopic (exact) mass is 293 g/mol. The highest BCUT2D eigenvalue weighted by atomic mass is 35.5. The van der Waals surface area contributed by atoms with Crippen LogP contribution in [0.5, 0.6) is 0 Å². The van der Waals surface area contributed by atoms with Crippen LogP contribution in [0.15, 0.2) is 41.1 Å². The maximum Gasteiger partial charge on any atom is 0.285 e. The van der Waals surface area contributed by atoms with Crippen molar-refractivity contribution in [1.82, 2.24) is 4.90 Å². The molecule has 0 aromatic heterocycles. The van der Waals surface area contributed by atoms with Gasteiger partial charge in [-0.05, 0) is 31.2 Å². The van der Waals surface area contributed by atoms with Crippen LogP contribution in [0.4, 0.5) is 5.69 Å². The summed E-state index contributed by atoms with van der Waals surface area (Å²) in [7, 11) is 3.68. The number of amides is 1. The van der Waals surface area contributed by atoms with E-state index in [1.165, 1.54) is 5.01 Å². The second-order valence-electron chi connectivity index (χ2n) is 4.44. The lowest BCUT2D eigenvalue weighted by molar-refractivity contribution is -0.114. The quantitative estimate of drug-likeness (QED) is 0.804. The normalized spacial score (nSPS) is 16.6. The summed E-state index contributed by atoms with van der Waals surface area (Å²) in [5.74, 6) is 0.116. The zero-order valence-corrected chi connectivity index (χ0v) is 12.4. The molecule has 6 heteroatoms. The van der Waals surface area contributed by atoms with Crippen LogP contribution >= 0.6 is 11.6 Å². The second kappa shape index (κ2) is 5.96. The molecule has 0 bridgehead atoms. The number of hydrazone groups is 1. The number of carbonyl (C=O) groups is 1. The fourth-order valence-corrected chi connectivity index (χ4v) is 1.89. The van der Waals surface area contributed by atoms with Gasteiger partial charge in [-0.3, -0.25) is 4.79 Å². The maximum atomic E-state index is 12.4. The maximum absolute atomic E-state index is 12.4. The summed E-state index contributed by atoms with van der Waals surface area (Å²) < 4.78 is 5.43. The van der Waals surface area contributed by atoms with Crippen molar-refractivity contribution in [2.75, 3.05) is 25.7 Å². The molecule has 0 saturated heterocycles. The minimum Gasteiger partial charge on any atom is -0.476 e. The molecule has 0 unspecified atom stereocenters. The molecule has 1 aliphatic rings. The summed E-state index contributed by atoms with van der Waals surface area (Å²) in [6, 6.07) is 6.92. The van der Waals surface area contributed by atoms with Gasteiger partial charge in [0.2, 0.25) is 5.90 Å². The van der Waals surface area contributed by atoms with E-state index in [0.717, 1.165) is 0 Å².